The zero-order valence-electron chi connectivity index (χ0n) is 11.2. The third-order valence-electron chi connectivity index (χ3n) is 2.93. The van der Waals surface area contributed by atoms with Crippen LogP contribution in [0.5, 0.6) is 5.75 Å². The van der Waals surface area contributed by atoms with Crippen LogP contribution in [0, 0.1) is 0 Å². The fourth-order valence-electron chi connectivity index (χ4n) is 1.84. The maximum atomic E-state index is 5.86. The van der Waals surface area contributed by atoms with Gasteiger partial charge in [0, 0.05) is 12.7 Å². The van der Waals surface area contributed by atoms with Gasteiger partial charge in [-0.1, -0.05) is 49.4 Å². The summed E-state index contributed by atoms with van der Waals surface area (Å²) in [7, 11) is 4.43. The first-order valence-electron chi connectivity index (χ1n) is 6.30. The van der Waals surface area contributed by atoms with Gasteiger partial charge in [0.2, 0.25) is 6.29 Å². The molecule has 3 unspecified atom stereocenters. The molecule has 0 saturated carbocycles. The minimum absolute atomic E-state index is 0.375. The van der Waals surface area contributed by atoms with E-state index in [-0.39, 0.29) is 6.29 Å². The van der Waals surface area contributed by atoms with Crippen molar-refractivity contribution in [1.82, 2.24) is 0 Å². The van der Waals surface area contributed by atoms with Crippen molar-refractivity contribution >= 4 is 9.24 Å². The molecule has 100 valence electrons. The molecule has 0 aliphatic carbocycles. The third-order valence-corrected chi connectivity index (χ3v) is 3.32. The lowest BCUT2D eigenvalue weighted by Gasteiger charge is -2.18. The van der Waals surface area contributed by atoms with Gasteiger partial charge in [-0.05, 0) is 23.4 Å². The normalized spacial score (nSPS) is 13.8. The van der Waals surface area contributed by atoms with Gasteiger partial charge in [0.1, 0.15) is 5.75 Å². The lowest BCUT2D eigenvalue weighted by Crippen LogP contribution is -2.09. The van der Waals surface area contributed by atoms with Crippen LogP contribution in [0.25, 0.3) is 0 Å². The van der Waals surface area contributed by atoms with E-state index in [1.807, 2.05) is 42.5 Å². The lowest BCUT2D eigenvalue weighted by atomic mass is 10.1. The molecular weight excluding hydrogens is 255 g/mol. The number of hydrogen-bond acceptors (Lipinski definition) is 2. The average molecular weight is 274 g/mol. The predicted molar refractivity (Wildman–Crippen MR) is 81.4 cm³/mol. The van der Waals surface area contributed by atoms with Crippen LogP contribution in [0.1, 0.15) is 30.0 Å². The van der Waals surface area contributed by atoms with Crippen LogP contribution in [0.2, 0.25) is 0 Å². The van der Waals surface area contributed by atoms with Crippen molar-refractivity contribution in [3.63, 3.8) is 0 Å². The highest BCUT2D eigenvalue weighted by Gasteiger charge is 2.11. The molecule has 2 aromatic carbocycles. The molecule has 0 amide bonds. The Labute approximate surface area is 117 Å². The molecule has 0 aliphatic heterocycles. The fraction of sp³-hybridized carbons (Fsp3) is 0.250. The van der Waals surface area contributed by atoms with E-state index in [0.717, 1.165) is 11.3 Å². The van der Waals surface area contributed by atoms with Crippen LogP contribution >= 0.6 is 9.24 Å². The molecular formula is C16H19O2P. The van der Waals surface area contributed by atoms with Crippen molar-refractivity contribution in [1.29, 1.82) is 0 Å². The summed E-state index contributed by atoms with van der Waals surface area (Å²) >= 11 is 0. The summed E-state index contributed by atoms with van der Waals surface area (Å²) in [5, 5.41) is 0. The number of methoxy groups -OCH3 is 1. The molecule has 2 nitrogen and oxygen atoms in total. The molecule has 3 atom stereocenters. The average Bonchev–Trinajstić information content (AvgIpc) is 2.46. The fourth-order valence-corrected chi connectivity index (χ4v) is 2.06. The molecule has 0 fully saturated rings. The zero-order chi connectivity index (χ0) is 13.7. The molecule has 0 N–H and O–H groups in total. The van der Waals surface area contributed by atoms with E-state index in [0.29, 0.717) is 5.66 Å². The van der Waals surface area contributed by atoms with E-state index < -0.39 is 0 Å². The predicted octanol–water partition coefficient (Wildman–Crippen LogP) is 4.35. The van der Waals surface area contributed by atoms with Gasteiger partial charge in [-0.25, -0.2) is 0 Å². The molecule has 19 heavy (non-hydrogen) atoms. The van der Waals surface area contributed by atoms with Gasteiger partial charge in [-0.3, -0.25) is 0 Å². The zero-order valence-corrected chi connectivity index (χ0v) is 12.4. The van der Waals surface area contributed by atoms with Crippen LogP contribution in [-0.2, 0) is 4.74 Å². The largest absolute Gasteiger partial charge is 0.461 e. The van der Waals surface area contributed by atoms with E-state index >= 15 is 0 Å². The second-order valence-electron chi connectivity index (χ2n) is 4.45. The molecule has 3 heteroatoms. The highest BCUT2D eigenvalue weighted by atomic mass is 31.0. The van der Waals surface area contributed by atoms with Crippen molar-refractivity contribution in [2.45, 2.75) is 18.9 Å². The van der Waals surface area contributed by atoms with Crippen molar-refractivity contribution in [3.05, 3.63) is 65.7 Å². The van der Waals surface area contributed by atoms with Gasteiger partial charge in [0.25, 0.3) is 0 Å². The minimum Gasteiger partial charge on any atom is -0.461 e. The standard InChI is InChI=1S/C16H19O2P/c1-12(19)13-8-10-15(11-9-13)18-16(17-2)14-6-4-3-5-7-14/h3-12,16H,19H2,1-2H3. The van der Waals surface area contributed by atoms with Crippen LogP contribution in [0.4, 0.5) is 0 Å². The summed E-state index contributed by atoms with van der Waals surface area (Å²) in [5.41, 5.74) is 2.72. The Hall–Kier alpha value is -1.37. The molecule has 0 aliphatic rings. The summed E-state index contributed by atoms with van der Waals surface area (Å²) in [6.07, 6.45) is -0.375. The molecule has 2 aromatic rings. The van der Waals surface area contributed by atoms with Crippen molar-refractivity contribution < 1.29 is 9.47 Å². The molecule has 2 rings (SSSR count). The molecule has 0 heterocycles. The number of hydrogen-bond donors (Lipinski definition) is 0. The van der Waals surface area contributed by atoms with Crippen molar-refractivity contribution in [2.24, 2.45) is 0 Å². The van der Waals surface area contributed by atoms with Gasteiger partial charge in [-0.2, -0.15) is 0 Å². The first-order chi connectivity index (χ1) is 9.20. The van der Waals surface area contributed by atoms with E-state index in [1.54, 1.807) is 7.11 Å². The Morgan fingerprint density at radius 3 is 2.05 bits per heavy atom. The summed E-state index contributed by atoms with van der Waals surface area (Å²) < 4.78 is 11.2. The lowest BCUT2D eigenvalue weighted by molar-refractivity contribution is -0.0562. The Bertz CT molecular complexity index is 494. The number of rotatable bonds is 5. The number of ether oxygens (including phenoxy) is 2. The van der Waals surface area contributed by atoms with Gasteiger partial charge in [-0.15, -0.1) is 9.24 Å². The summed E-state index contributed by atoms with van der Waals surface area (Å²) in [6.45, 7) is 2.14. The van der Waals surface area contributed by atoms with Gasteiger partial charge in [0.15, 0.2) is 0 Å². The second-order valence-corrected chi connectivity index (χ2v) is 5.45. The van der Waals surface area contributed by atoms with E-state index in [4.69, 9.17) is 9.47 Å². The molecule has 0 aromatic heterocycles. The topological polar surface area (TPSA) is 18.5 Å². The summed E-state index contributed by atoms with van der Waals surface area (Å²) in [4.78, 5) is 0. The van der Waals surface area contributed by atoms with Gasteiger partial charge < -0.3 is 9.47 Å². The Morgan fingerprint density at radius 2 is 1.53 bits per heavy atom. The highest BCUT2D eigenvalue weighted by Crippen LogP contribution is 2.26. The minimum atomic E-state index is -0.375. The van der Waals surface area contributed by atoms with Crippen LogP contribution < -0.4 is 4.74 Å². The maximum Gasteiger partial charge on any atom is 0.226 e. The maximum absolute atomic E-state index is 5.86. The molecule has 0 radical (unpaired) electrons. The SMILES string of the molecule is COC(Oc1ccc(C(C)P)cc1)c1ccccc1. The monoisotopic (exact) mass is 274 g/mol. The first-order valence-corrected chi connectivity index (χ1v) is 6.97. The summed E-state index contributed by atoms with van der Waals surface area (Å²) in [6, 6.07) is 18.0. The van der Waals surface area contributed by atoms with Crippen LogP contribution in [0.3, 0.4) is 0 Å². The molecule has 0 saturated heterocycles. The molecule has 0 bridgehead atoms. The Morgan fingerprint density at radius 1 is 0.895 bits per heavy atom. The summed E-state index contributed by atoms with van der Waals surface area (Å²) in [5.74, 6) is 0.810. The smallest absolute Gasteiger partial charge is 0.226 e. The van der Waals surface area contributed by atoms with Gasteiger partial charge >= 0.3 is 0 Å². The van der Waals surface area contributed by atoms with Crippen molar-refractivity contribution in [2.75, 3.05) is 7.11 Å². The Kier molecular flexibility index (Phi) is 4.95. The molecule has 0 spiro atoms. The van der Waals surface area contributed by atoms with Gasteiger partial charge in [0.05, 0.1) is 0 Å². The van der Waals surface area contributed by atoms with E-state index in [9.17, 15) is 0 Å². The Balaban J connectivity index is 2.10. The van der Waals surface area contributed by atoms with Crippen LogP contribution in [-0.4, -0.2) is 7.11 Å². The second kappa shape index (κ2) is 6.70. The quantitative estimate of drug-likeness (QED) is 0.596. The van der Waals surface area contributed by atoms with E-state index in [2.05, 4.69) is 28.3 Å². The number of benzene rings is 2. The third kappa shape index (κ3) is 3.79. The van der Waals surface area contributed by atoms with E-state index in [1.165, 1.54) is 5.56 Å². The highest BCUT2D eigenvalue weighted by molar-refractivity contribution is 7.17. The van der Waals surface area contributed by atoms with Crippen LogP contribution in [0.15, 0.2) is 54.6 Å². The van der Waals surface area contributed by atoms with Crippen molar-refractivity contribution in [3.8, 4) is 5.75 Å². The first kappa shape index (κ1) is 14.0.